The van der Waals surface area contributed by atoms with E-state index in [0.29, 0.717) is 19.7 Å². The van der Waals surface area contributed by atoms with Crippen molar-refractivity contribution in [3.63, 3.8) is 0 Å². The summed E-state index contributed by atoms with van der Waals surface area (Å²) in [6.45, 7) is 1.21. The molecular formula is C22H24F3N3O3. The molecular weight excluding hydrogens is 411 g/mol. The molecule has 2 heterocycles. The van der Waals surface area contributed by atoms with E-state index >= 15 is 0 Å². The monoisotopic (exact) mass is 435 g/mol. The Labute approximate surface area is 178 Å². The fraction of sp³-hybridized carbons (Fsp3) is 0.364. The summed E-state index contributed by atoms with van der Waals surface area (Å²) < 4.78 is 48.8. The van der Waals surface area contributed by atoms with Crippen LogP contribution in [0.15, 0.2) is 48.7 Å². The van der Waals surface area contributed by atoms with Crippen LogP contribution in [-0.4, -0.2) is 62.3 Å². The minimum absolute atomic E-state index is 0.0705. The second-order valence-electron chi connectivity index (χ2n) is 7.29. The van der Waals surface area contributed by atoms with Crippen molar-refractivity contribution in [2.75, 3.05) is 45.3 Å². The van der Waals surface area contributed by atoms with Crippen LogP contribution in [-0.2, 0) is 15.7 Å². The van der Waals surface area contributed by atoms with Crippen LogP contribution >= 0.6 is 0 Å². The van der Waals surface area contributed by atoms with E-state index in [-0.39, 0.29) is 18.4 Å². The molecule has 166 valence electrons. The number of halogens is 3. The van der Waals surface area contributed by atoms with Gasteiger partial charge in [0, 0.05) is 44.7 Å². The molecule has 2 aromatic rings. The summed E-state index contributed by atoms with van der Waals surface area (Å²) in [4.78, 5) is 19.8. The molecule has 1 atom stereocenters. The van der Waals surface area contributed by atoms with Crippen LogP contribution < -0.4 is 9.64 Å². The number of ether oxygens (including phenoxy) is 2. The Bertz CT molecular complexity index is 897. The number of rotatable bonds is 6. The van der Waals surface area contributed by atoms with Crippen molar-refractivity contribution in [3.05, 3.63) is 59.8 Å². The van der Waals surface area contributed by atoms with E-state index in [1.165, 1.54) is 12.1 Å². The zero-order valence-corrected chi connectivity index (χ0v) is 17.3. The third-order valence-electron chi connectivity index (χ3n) is 4.76. The molecule has 0 radical (unpaired) electrons. The van der Waals surface area contributed by atoms with E-state index < -0.39 is 17.8 Å². The summed E-state index contributed by atoms with van der Waals surface area (Å²) in [5, 5.41) is 0. The second kappa shape index (κ2) is 9.82. The van der Waals surface area contributed by atoms with E-state index in [0.717, 1.165) is 23.5 Å². The molecule has 1 aliphatic rings. The topological polar surface area (TPSA) is 54.9 Å². The average Bonchev–Trinajstić information content (AvgIpc) is 2.76. The quantitative estimate of drug-likeness (QED) is 0.651. The fourth-order valence-corrected chi connectivity index (χ4v) is 2.99. The van der Waals surface area contributed by atoms with Crippen molar-refractivity contribution < 1.29 is 27.4 Å². The van der Waals surface area contributed by atoms with Crippen molar-refractivity contribution in [2.45, 2.75) is 12.3 Å². The van der Waals surface area contributed by atoms with Crippen molar-refractivity contribution in [1.29, 1.82) is 0 Å². The first-order chi connectivity index (χ1) is 14.7. The van der Waals surface area contributed by atoms with E-state index in [1.807, 2.05) is 43.3 Å². The highest BCUT2D eigenvalue weighted by atomic mass is 19.4. The molecule has 1 unspecified atom stereocenters. The largest absolute Gasteiger partial charge is 0.475 e. The van der Waals surface area contributed by atoms with Crippen LogP contribution in [0.4, 0.5) is 18.9 Å². The van der Waals surface area contributed by atoms with Gasteiger partial charge in [-0.2, -0.15) is 13.2 Å². The van der Waals surface area contributed by atoms with Crippen LogP contribution in [0, 0.1) is 0 Å². The van der Waals surface area contributed by atoms with Gasteiger partial charge in [-0.3, -0.25) is 4.79 Å². The van der Waals surface area contributed by atoms with Crippen LogP contribution in [0.1, 0.15) is 11.1 Å². The minimum Gasteiger partial charge on any atom is -0.475 e. The molecule has 1 saturated heterocycles. The number of hydrogen-bond acceptors (Lipinski definition) is 5. The zero-order valence-electron chi connectivity index (χ0n) is 17.3. The predicted octanol–water partition coefficient (Wildman–Crippen LogP) is 3.49. The highest BCUT2D eigenvalue weighted by Gasteiger charge is 2.31. The molecule has 1 aliphatic heterocycles. The van der Waals surface area contributed by atoms with Gasteiger partial charge in [0.1, 0.15) is 12.7 Å². The molecule has 1 fully saturated rings. The molecule has 3 rings (SSSR count). The van der Waals surface area contributed by atoms with Crippen LogP contribution in [0.2, 0.25) is 0 Å². The Kier molecular flexibility index (Phi) is 7.17. The van der Waals surface area contributed by atoms with Gasteiger partial charge < -0.3 is 19.3 Å². The highest BCUT2D eigenvalue weighted by molar-refractivity contribution is 5.91. The van der Waals surface area contributed by atoms with E-state index in [2.05, 4.69) is 4.98 Å². The number of amides is 1. The van der Waals surface area contributed by atoms with Crippen molar-refractivity contribution in [1.82, 2.24) is 9.88 Å². The lowest BCUT2D eigenvalue weighted by Crippen LogP contribution is -2.47. The number of benzene rings is 1. The maximum Gasteiger partial charge on any atom is 0.417 e. The maximum atomic E-state index is 12.6. The summed E-state index contributed by atoms with van der Waals surface area (Å²) >= 11 is 0. The molecule has 1 amide bonds. The zero-order chi connectivity index (χ0) is 22.4. The predicted molar refractivity (Wildman–Crippen MR) is 111 cm³/mol. The number of hydrogen-bond donors (Lipinski definition) is 0. The molecule has 9 heteroatoms. The Hall–Kier alpha value is -3.07. The van der Waals surface area contributed by atoms with Crippen LogP contribution in [0.3, 0.4) is 0 Å². The molecule has 0 N–H and O–H groups in total. The van der Waals surface area contributed by atoms with Gasteiger partial charge in [-0.05, 0) is 29.8 Å². The van der Waals surface area contributed by atoms with Gasteiger partial charge in [-0.15, -0.1) is 0 Å². The molecule has 0 bridgehead atoms. The van der Waals surface area contributed by atoms with Gasteiger partial charge in [-0.25, -0.2) is 4.98 Å². The molecule has 31 heavy (non-hydrogen) atoms. The number of pyridine rings is 1. The Morgan fingerprint density at radius 3 is 2.61 bits per heavy atom. The smallest absolute Gasteiger partial charge is 0.417 e. The van der Waals surface area contributed by atoms with Crippen LogP contribution in [0.5, 0.6) is 5.88 Å². The first-order valence-corrected chi connectivity index (χ1v) is 9.74. The van der Waals surface area contributed by atoms with Crippen molar-refractivity contribution in [3.8, 4) is 5.88 Å². The lowest BCUT2D eigenvalue weighted by molar-refractivity contribution is -0.137. The summed E-state index contributed by atoms with van der Waals surface area (Å²) in [7, 11) is 3.92. The van der Waals surface area contributed by atoms with Crippen LogP contribution in [0.25, 0.3) is 6.08 Å². The maximum absolute atomic E-state index is 12.6. The molecule has 6 nitrogen and oxygen atoms in total. The third-order valence-corrected chi connectivity index (χ3v) is 4.76. The minimum atomic E-state index is -4.44. The van der Waals surface area contributed by atoms with Crippen molar-refractivity contribution in [2.24, 2.45) is 0 Å². The molecule has 1 aromatic heterocycles. The highest BCUT2D eigenvalue weighted by Crippen LogP contribution is 2.29. The first kappa shape index (κ1) is 22.6. The van der Waals surface area contributed by atoms with Gasteiger partial charge in [0.2, 0.25) is 11.8 Å². The summed E-state index contributed by atoms with van der Waals surface area (Å²) in [5.41, 5.74) is 1.15. The van der Waals surface area contributed by atoms with E-state index in [1.54, 1.807) is 11.0 Å². The molecule has 1 aromatic carbocycles. The third kappa shape index (κ3) is 6.45. The SMILES string of the molecule is CN(C)c1ccc(/C=C/C(=O)N2CCOC(COc3ccc(C(F)(F)F)cn3)C2)cc1. The number of morpholine rings is 1. The van der Waals surface area contributed by atoms with Gasteiger partial charge in [0.05, 0.1) is 18.7 Å². The van der Waals surface area contributed by atoms with E-state index in [9.17, 15) is 18.0 Å². The number of carbonyl (C=O) groups excluding carboxylic acids is 1. The first-order valence-electron chi connectivity index (χ1n) is 9.74. The Morgan fingerprint density at radius 1 is 1.26 bits per heavy atom. The summed E-state index contributed by atoms with van der Waals surface area (Å²) in [6.07, 6.45) is -0.835. The molecule has 0 saturated carbocycles. The average molecular weight is 435 g/mol. The van der Waals surface area contributed by atoms with Gasteiger partial charge in [-0.1, -0.05) is 12.1 Å². The normalized spacial score (nSPS) is 17.1. The van der Waals surface area contributed by atoms with Crippen molar-refractivity contribution >= 4 is 17.7 Å². The Balaban J connectivity index is 1.50. The number of carbonyl (C=O) groups is 1. The molecule has 0 spiro atoms. The fourth-order valence-electron chi connectivity index (χ4n) is 2.99. The number of alkyl halides is 3. The standard InChI is InChI=1S/C22H24F3N3O3/c1-27(2)18-7-3-16(4-8-18)5-10-21(29)28-11-12-30-19(14-28)15-31-20-9-6-17(13-26-20)22(23,24)25/h3-10,13,19H,11-12,14-15H2,1-2H3/b10-5+. The second-order valence-corrected chi connectivity index (χ2v) is 7.29. The molecule has 0 aliphatic carbocycles. The number of anilines is 1. The van der Waals surface area contributed by atoms with Gasteiger partial charge in [0.15, 0.2) is 0 Å². The van der Waals surface area contributed by atoms with Gasteiger partial charge >= 0.3 is 6.18 Å². The number of nitrogens with zero attached hydrogens (tertiary/aromatic N) is 3. The Morgan fingerprint density at radius 2 is 2.00 bits per heavy atom. The van der Waals surface area contributed by atoms with E-state index in [4.69, 9.17) is 9.47 Å². The summed E-state index contributed by atoms with van der Waals surface area (Å²) in [6, 6.07) is 9.90. The van der Waals surface area contributed by atoms with Gasteiger partial charge in [0.25, 0.3) is 0 Å². The lowest BCUT2D eigenvalue weighted by atomic mass is 10.2. The summed E-state index contributed by atoms with van der Waals surface area (Å²) in [5.74, 6) is -0.0706. The lowest BCUT2D eigenvalue weighted by Gasteiger charge is -2.32. The number of aromatic nitrogens is 1.